The molecular formula is C6H12N2O. The van der Waals surface area contributed by atoms with Gasteiger partial charge in [0.1, 0.15) is 0 Å². The number of ketones is 1. The highest BCUT2D eigenvalue weighted by molar-refractivity contribution is 5.84. The molecule has 52 valence electrons. The summed E-state index contributed by atoms with van der Waals surface area (Å²) in [5, 5.41) is 0. The summed E-state index contributed by atoms with van der Waals surface area (Å²) in [4.78, 5) is 12.9. The first-order valence-electron chi connectivity index (χ1n) is 3.17. The van der Waals surface area contributed by atoms with E-state index in [-0.39, 0.29) is 11.8 Å². The molecule has 9 heavy (non-hydrogen) atoms. The maximum Gasteiger partial charge on any atom is 0.152 e. The molecule has 2 N–H and O–H groups in total. The number of carbonyl (C=O) groups is 1. The maximum absolute atomic E-state index is 10.8. The Morgan fingerprint density at radius 3 is 2.89 bits per heavy atom. The monoisotopic (exact) mass is 128 g/mol. The van der Waals surface area contributed by atoms with Crippen molar-refractivity contribution in [3.05, 3.63) is 0 Å². The summed E-state index contributed by atoms with van der Waals surface area (Å²) in [5.74, 6) is 0.202. The van der Waals surface area contributed by atoms with Gasteiger partial charge in [-0.1, -0.05) is 0 Å². The van der Waals surface area contributed by atoms with Gasteiger partial charge >= 0.3 is 0 Å². The number of hydrogen-bond donors (Lipinski definition) is 1. The molecule has 1 fully saturated rings. The van der Waals surface area contributed by atoms with Gasteiger partial charge in [-0.05, 0) is 7.05 Å². The largest absolute Gasteiger partial charge is 0.320 e. The predicted octanol–water partition coefficient (Wildman–Crippen LogP) is -0.782. The SMILES string of the molecule is CN1CCC(=O)C(N)C1. The Balaban J connectivity index is 2.44. The molecule has 1 atom stereocenters. The van der Waals surface area contributed by atoms with E-state index in [0.717, 1.165) is 13.1 Å². The fourth-order valence-electron chi connectivity index (χ4n) is 1.02. The number of piperidine rings is 1. The van der Waals surface area contributed by atoms with Crippen molar-refractivity contribution in [3.63, 3.8) is 0 Å². The maximum atomic E-state index is 10.8. The van der Waals surface area contributed by atoms with Crippen LogP contribution in [0.5, 0.6) is 0 Å². The van der Waals surface area contributed by atoms with E-state index in [0.29, 0.717) is 6.42 Å². The van der Waals surface area contributed by atoms with E-state index in [4.69, 9.17) is 5.73 Å². The molecule has 0 saturated carbocycles. The van der Waals surface area contributed by atoms with Crippen molar-refractivity contribution in [1.82, 2.24) is 4.90 Å². The molecule has 0 aromatic rings. The minimum atomic E-state index is -0.233. The van der Waals surface area contributed by atoms with Crippen LogP contribution in [0.1, 0.15) is 6.42 Å². The molecule has 0 radical (unpaired) electrons. The number of likely N-dealkylation sites (N-methyl/N-ethyl adjacent to an activating group) is 1. The molecule has 0 aromatic carbocycles. The second kappa shape index (κ2) is 2.45. The van der Waals surface area contributed by atoms with Gasteiger partial charge in [-0.3, -0.25) is 4.79 Å². The van der Waals surface area contributed by atoms with Crippen LogP contribution in [0.2, 0.25) is 0 Å². The Kier molecular flexibility index (Phi) is 1.83. The molecule has 1 saturated heterocycles. The van der Waals surface area contributed by atoms with Crippen LogP contribution in [0.4, 0.5) is 0 Å². The minimum Gasteiger partial charge on any atom is -0.320 e. The number of likely N-dealkylation sites (tertiary alicyclic amines) is 1. The van der Waals surface area contributed by atoms with Crippen molar-refractivity contribution in [3.8, 4) is 0 Å². The molecule has 3 heteroatoms. The van der Waals surface area contributed by atoms with Crippen LogP contribution < -0.4 is 5.73 Å². The van der Waals surface area contributed by atoms with E-state index in [9.17, 15) is 4.79 Å². The average molecular weight is 128 g/mol. The zero-order valence-corrected chi connectivity index (χ0v) is 5.63. The van der Waals surface area contributed by atoms with Gasteiger partial charge in [-0.25, -0.2) is 0 Å². The first-order chi connectivity index (χ1) is 4.20. The lowest BCUT2D eigenvalue weighted by molar-refractivity contribution is -0.122. The number of rotatable bonds is 0. The summed E-state index contributed by atoms with van der Waals surface area (Å²) >= 11 is 0. The molecule has 3 nitrogen and oxygen atoms in total. The van der Waals surface area contributed by atoms with Gasteiger partial charge in [-0.2, -0.15) is 0 Å². The number of nitrogens with two attached hydrogens (primary N) is 1. The van der Waals surface area contributed by atoms with Gasteiger partial charge in [0.15, 0.2) is 5.78 Å². The van der Waals surface area contributed by atoms with Crippen LogP contribution in [0.3, 0.4) is 0 Å². The molecule has 1 aliphatic rings. The third kappa shape index (κ3) is 1.50. The lowest BCUT2D eigenvalue weighted by Gasteiger charge is -2.25. The van der Waals surface area contributed by atoms with Crippen LogP contribution in [0.25, 0.3) is 0 Å². The lowest BCUT2D eigenvalue weighted by atomic mass is 10.1. The molecule has 0 aliphatic carbocycles. The van der Waals surface area contributed by atoms with E-state index in [1.165, 1.54) is 0 Å². The van der Waals surface area contributed by atoms with Gasteiger partial charge in [0.2, 0.25) is 0 Å². The van der Waals surface area contributed by atoms with Gasteiger partial charge in [0.25, 0.3) is 0 Å². The molecule has 1 heterocycles. The van der Waals surface area contributed by atoms with Gasteiger partial charge in [-0.15, -0.1) is 0 Å². The topological polar surface area (TPSA) is 46.3 Å². The smallest absolute Gasteiger partial charge is 0.152 e. The summed E-state index contributed by atoms with van der Waals surface area (Å²) in [5.41, 5.74) is 5.48. The third-order valence-corrected chi connectivity index (χ3v) is 1.66. The van der Waals surface area contributed by atoms with Crippen molar-refractivity contribution in [2.75, 3.05) is 20.1 Å². The highest BCUT2D eigenvalue weighted by Crippen LogP contribution is 2.00. The second-order valence-electron chi connectivity index (χ2n) is 2.59. The molecular weight excluding hydrogens is 116 g/mol. The van der Waals surface area contributed by atoms with Crippen LogP contribution in [0, 0.1) is 0 Å². The minimum absolute atomic E-state index is 0.202. The Morgan fingerprint density at radius 1 is 1.78 bits per heavy atom. The first-order valence-corrected chi connectivity index (χ1v) is 3.17. The normalized spacial score (nSPS) is 30.9. The molecule has 0 bridgehead atoms. The zero-order valence-electron chi connectivity index (χ0n) is 5.63. The molecule has 0 amide bonds. The van der Waals surface area contributed by atoms with Crippen LogP contribution in [-0.2, 0) is 4.79 Å². The quantitative estimate of drug-likeness (QED) is 0.465. The van der Waals surface area contributed by atoms with Gasteiger partial charge < -0.3 is 10.6 Å². The molecule has 0 aromatic heterocycles. The summed E-state index contributed by atoms with van der Waals surface area (Å²) in [6.07, 6.45) is 0.623. The summed E-state index contributed by atoms with van der Waals surface area (Å²) in [7, 11) is 1.98. The third-order valence-electron chi connectivity index (χ3n) is 1.66. The van der Waals surface area contributed by atoms with Crippen molar-refractivity contribution in [2.45, 2.75) is 12.5 Å². The van der Waals surface area contributed by atoms with E-state index in [1.807, 2.05) is 7.05 Å². The molecule has 1 aliphatic heterocycles. The number of Topliss-reactive ketones (excluding diaryl/α,β-unsaturated/α-hetero) is 1. The van der Waals surface area contributed by atoms with Crippen LogP contribution >= 0.6 is 0 Å². The standard InChI is InChI=1S/C6H12N2O/c1-8-3-2-6(9)5(7)4-8/h5H,2-4,7H2,1H3. The first kappa shape index (κ1) is 6.71. The number of nitrogens with zero attached hydrogens (tertiary/aromatic N) is 1. The summed E-state index contributed by atoms with van der Waals surface area (Å²) < 4.78 is 0. The van der Waals surface area contributed by atoms with Gasteiger partial charge in [0, 0.05) is 19.5 Å². The highest BCUT2D eigenvalue weighted by Gasteiger charge is 2.20. The van der Waals surface area contributed by atoms with Crippen LogP contribution in [-0.4, -0.2) is 36.9 Å². The Labute approximate surface area is 54.8 Å². The molecule has 1 unspecified atom stereocenters. The summed E-state index contributed by atoms with van der Waals surface area (Å²) in [6, 6.07) is -0.233. The summed E-state index contributed by atoms with van der Waals surface area (Å²) in [6.45, 7) is 1.59. The van der Waals surface area contributed by atoms with E-state index in [2.05, 4.69) is 4.90 Å². The lowest BCUT2D eigenvalue weighted by Crippen LogP contribution is -2.47. The van der Waals surface area contributed by atoms with Crippen molar-refractivity contribution < 1.29 is 4.79 Å². The van der Waals surface area contributed by atoms with E-state index in [1.54, 1.807) is 0 Å². The van der Waals surface area contributed by atoms with Crippen LogP contribution in [0.15, 0.2) is 0 Å². The number of hydrogen-bond acceptors (Lipinski definition) is 3. The van der Waals surface area contributed by atoms with Gasteiger partial charge in [0.05, 0.1) is 6.04 Å². The second-order valence-corrected chi connectivity index (χ2v) is 2.59. The zero-order chi connectivity index (χ0) is 6.85. The Morgan fingerprint density at radius 2 is 2.44 bits per heavy atom. The fourth-order valence-corrected chi connectivity index (χ4v) is 1.02. The molecule has 0 spiro atoms. The average Bonchev–Trinajstić information content (AvgIpc) is 1.80. The Hall–Kier alpha value is -0.410. The van der Waals surface area contributed by atoms with Crippen molar-refractivity contribution in [2.24, 2.45) is 5.73 Å². The van der Waals surface area contributed by atoms with Crippen molar-refractivity contribution >= 4 is 5.78 Å². The fraction of sp³-hybridized carbons (Fsp3) is 0.833. The molecule has 1 rings (SSSR count). The predicted molar refractivity (Wildman–Crippen MR) is 35.1 cm³/mol. The highest BCUT2D eigenvalue weighted by atomic mass is 16.1. The van der Waals surface area contributed by atoms with E-state index < -0.39 is 0 Å². The van der Waals surface area contributed by atoms with E-state index >= 15 is 0 Å². The number of carbonyl (C=O) groups excluding carboxylic acids is 1. The Bertz CT molecular complexity index is 124. The van der Waals surface area contributed by atoms with Crippen molar-refractivity contribution in [1.29, 1.82) is 0 Å².